The van der Waals surface area contributed by atoms with Gasteiger partial charge in [-0.2, -0.15) is 0 Å². The van der Waals surface area contributed by atoms with Gasteiger partial charge in [0, 0.05) is 35.5 Å². The number of aromatic nitrogens is 1. The molecule has 13 heteroatoms. The predicted molar refractivity (Wildman–Crippen MR) is 179 cm³/mol. The molecule has 1 aliphatic heterocycles. The van der Waals surface area contributed by atoms with Crippen molar-refractivity contribution >= 4 is 39.0 Å². The van der Waals surface area contributed by atoms with E-state index < -0.39 is 57.1 Å². The Hall–Kier alpha value is -4.39. The van der Waals surface area contributed by atoms with Crippen molar-refractivity contribution in [3.8, 4) is 22.8 Å². The third-order valence-electron chi connectivity index (χ3n) is 8.91. The van der Waals surface area contributed by atoms with E-state index in [9.17, 15) is 22.8 Å². The van der Waals surface area contributed by atoms with E-state index in [-0.39, 0.29) is 18.9 Å². The van der Waals surface area contributed by atoms with Gasteiger partial charge in [0.05, 0.1) is 30.1 Å². The number of hydrogen-bond acceptors (Lipinski definition) is 9. The quantitative estimate of drug-likeness (QED) is 0.310. The van der Waals surface area contributed by atoms with Gasteiger partial charge in [-0.3, -0.25) is 14.6 Å². The summed E-state index contributed by atoms with van der Waals surface area (Å²) in [6.07, 6.45) is 0.878. The zero-order valence-electron chi connectivity index (χ0n) is 27.8. The maximum Gasteiger partial charge on any atom is 0.411 e. The van der Waals surface area contributed by atoms with Gasteiger partial charge in [-0.25, -0.2) is 27.7 Å². The van der Waals surface area contributed by atoms with E-state index in [0.717, 1.165) is 10.5 Å². The second kappa shape index (κ2) is 12.9. The topological polar surface area (TPSA) is 144 Å². The predicted octanol–water partition coefficient (Wildman–Crippen LogP) is 5.50. The number of carbonyl (C=O) groups is 3. The number of rotatable bonds is 9. The number of ether oxygens (including phenoxy) is 3. The minimum Gasteiger partial charge on any atom is -0.497 e. The molecular weight excluding hydrogens is 636 g/mol. The average molecular weight is 679 g/mol. The van der Waals surface area contributed by atoms with Crippen LogP contribution in [0, 0.1) is 5.92 Å². The number of nitrogens with one attached hydrogen (secondary N) is 1. The van der Waals surface area contributed by atoms with Gasteiger partial charge in [0.15, 0.2) is 0 Å². The summed E-state index contributed by atoms with van der Waals surface area (Å²) in [6, 6.07) is 14.4. The summed E-state index contributed by atoms with van der Waals surface area (Å²) in [4.78, 5) is 48.6. The molecule has 4 amide bonds. The summed E-state index contributed by atoms with van der Waals surface area (Å²) >= 11 is 0. The van der Waals surface area contributed by atoms with Crippen molar-refractivity contribution in [3.05, 3.63) is 54.6 Å². The summed E-state index contributed by atoms with van der Waals surface area (Å²) in [5, 5.41) is 0.0714. The Kier molecular flexibility index (Phi) is 9.01. The van der Waals surface area contributed by atoms with Crippen LogP contribution in [0.25, 0.3) is 22.2 Å². The van der Waals surface area contributed by atoms with Crippen molar-refractivity contribution in [2.45, 2.75) is 88.8 Å². The Balaban J connectivity index is 1.33. The molecule has 0 bridgehead atoms. The number of methoxy groups -OCH3 is 1. The molecule has 3 aliphatic rings. The molecule has 48 heavy (non-hydrogen) atoms. The molecule has 3 aromatic rings. The van der Waals surface area contributed by atoms with Crippen LogP contribution in [0.5, 0.6) is 11.5 Å². The number of carbonyl (C=O) groups excluding carboxylic acids is 3. The zero-order chi connectivity index (χ0) is 34.4. The Morgan fingerprint density at radius 3 is 2.40 bits per heavy atom. The number of likely N-dealkylation sites (tertiary alicyclic amines) is 1. The molecule has 1 saturated heterocycles. The molecule has 12 nitrogen and oxygen atoms in total. The van der Waals surface area contributed by atoms with Gasteiger partial charge in [0.25, 0.3) is 5.91 Å². The van der Waals surface area contributed by atoms with Crippen LogP contribution in [-0.2, 0) is 19.6 Å². The van der Waals surface area contributed by atoms with Crippen molar-refractivity contribution in [1.82, 2.24) is 19.5 Å². The number of hydrogen-bond donors (Lipinski definition) is 1. The average Bonchev–Trinajstić information content (AvgIpc) is 3.98. The molecular formula is C35H42N4O8S. The van der Waals surface area contributed by atoms with Gasteiger partial charge in [-0.15, -0.1) is 0 Å². The summed E-state index contributed by atoms with van der Waals surface area (Å²) in [7, 11) is -2.34. The lowest BCUT2D eigenvalue weighted by Gasteiger charge is -2.31. The van der Waals surface area contributed by atoms with E-state index in [0.29, 0.717) is 53.8 Å². The number of pyridine rings is 1. The highest BCUT2D eigenvalue weighted by molar-refractivity contribution is 7.90. The second-order valence-electron chi connectivity index (χ2n) is 13.7. The fourth-order valence-electron chi connectivity index (χ4n) is 6.17. The molecule has 2 saturated carbocycles. The van der Waals surface area contributed by atoms with Crippen LogP contribution in [0.15, 0.2) is 54.6 Å². The Labute approximate surface area is 280 Å². The van der Waals surface area contributed by atoms with Crippen molar-refractivity contribution in [3.63, 3.8) is 0 Å². The van der Waals surface area contributed by atoms with Crippen molar-refractivity contribution < 1.29 is 37.0 Å². The molecule has 256 valence electrons. The standard InChI is InChI=1S/C35H42N4O8S/c1-6-21-16-29(21)39(33(41)37-48(43,44)25-13-14-25)32(40)30-18-24(20-38(30)34(42)47-35(2,3)4)46-31-19-27(22-10-8-7-9-11-22)36-28-17-23(45-5)12-15-26(28)31/h7-12,15,17,19,21,24-25,29-30H,6,13-14,16,18,20H2,1-5H3,(H,37,41). The number of imide groups is 1. The first-order valence-electron chi connectivity index (χ1n) is 16.4. The SMILES string of the molecule is CCC1CC1N(C(=O)NS(=O)(=O)C1CC1)C(=O)C1CC(Oc2cc(-c3ccccc3)nc3cc(OC)ccc23)CN1C(=O)OC(C)(C)C. The van der Waals surface area contributed by atoms with Gasteiger partial charge in [-0.1, -0.05) is 43.7 Å². The largest absolute Gasteiger partial charge is 0.497 e. The molecule has 4 atom stereocenters. The summed E-state index contributed by atoms with van der Waals surface area (Å²) < 4.78 is 45.3. The van der Waals surface area contributed by atoms with Gasteiger partial charge >= 0.3 is 12.1 Å². The van der Waals surface area contributed by atoms with Gasteiger partial charge < -0.3 is 14.2 Å². The van der Waals surface area contributed by atoms with Crippen LogP contribution >= 0.6 is 0 Å². The Morgan fingerprint density at radius 2 is 1.77 bits per heavy atom. The number of benzene rings is 2. The second-order valence-corrected chi connectivity index (χ2v) is 15.7. The molecule has 4 unspecified atom stereocenters. The van der Waals surface area contributed by atoms with E-state index in [2.05, 4.69) is 4.72 Å². The van der Waals surface area contributed by atoms with Crippen molar-refractivity contribution in [2.24, 2.45) is 5.92 Å². The minimum absolute atomic E-state index is 0.00364. The summed E-state index contributed by atoms with van der Waals surface area (Å²) in [5.41, 5.74) is 1.33. The highest BCUT2D eigenvalue weighted by atomic mass is 32.2. The molecule has 2 aliphatic carbocycles. The normalized spacial score (nSPS) is 22.2. The minimum atomic E-state index is -3.91. The van der Waals surface area contributed by atoms with Crippen LogP contribution in [0.3, 0.4) is 0 Å². The maximum atomic E-state index is 14.3. The van der Waals surface area contributed by atoms with Gasteiger partial charge in [0.2, 0.25) is 10.0 Å². The molecule has 6 rings (SSSR count). The monoisotopic (exact) mass is 678 g/mol. The molecule has 2 aromatic carbocycles. The number of fused-ring (bicyclic) bond motifs is 1. The third kappa shape index (κ3) is 7.20. The highest BCUT2D eigenvalue weighted by Crippen LogP contribution is 2.41. The Morgan fingerprint density at radius 1 is 1.04 bits per heavy atom. The lowest BCUT2D eigenvalue weighted by Crippen LogP contribution is -2.55. The van der Waals surface area contributed by atoms with Crippen LogP contribution in [-0.4, -0.2) is 83.9 Å². The van der Waals surface area contributed by atoms with E-state index >= 15 is 0 Å². The first-order chi connectivity index (χ1) is 22.8. The summed E-state index contributed by atoms with van der Waals surface area (Å²) in [5.74, 6) is 0.512. The number of amides is 4. The number of sulfonamides is 1. The van der Waals surface area contributed by atoms with E-state index in [1.54, 1.807) is 33.9 Å². The van der Waals surface area contributed by atoms with E-state index in [4.69, 9.17) is 19.2 Å². The zero-order valence-corrected chi connectivity index (χ0v) is 28.7. The molecule has 1 aromatic heterocycles. The lowest BCUT2D eigenvalue weighted by molar-refractivity contribution is -0.133. The molecule has 0 radical (unpaired) electrons. The van der Waals surface area contributed by atoms with Crippen LogP contribution < -0.4 is 14.2 Å². The highest BCUT2D eigenvalue weighted by Gasteiger charge is 2.52. The number of nitrogens with zero attached hydrogens (tertiary/aromatic N) is 3. The smallest absolute Gasteiger partial charge is 0.411 e. The third-order valence-corrected chi connectivity index (χ3v) is 10.7. The first kappa shape index (κ1) is 33.5. The fourth-order valence-corrected chi connectivity index (χ4v) is 7.44. The molecule has 0 spiro atoms. The molecule has 3 fully saturated rings. The first-order valence-corrected chi connectivity index (χ1v) is 17.9. The van der Waals surface area contributed by atoms with Crippen molar-refractivity contribution in [1.29, 1.82) is 0 Å². The Bertz CT molecular complexity index is 1820. The number of urea groups is 1. The van der Waals surface area contributed by atoms with Gasteiger partial charge in [0.1, 0.15) is 29.2 Å². The van der Waals surface area contributed by atoms with Crippen LogP contribution in [0.1, 0.15) is 59.8 Å². The fraction of sp³-hybridized carbons (Fsp3) is 0.486. The van der Waals surface area contributed by atoms with E-state index in [1.165, 1.54) is 4.90 Å². The molecule has 1 N–H and O–H groups in total. The lowest BCUT2D eigenvalue weighted by atomic mass is 10.1. The van der Waals surface area contributed by atoms with Crippen molar-refractivity contribution in [2.75, 3.05) is 13.7 Å². The van der Waals surface area contributed by atoms with Gasteiger partial charge in [-0.05, 0) is 58.1 Å². The van der Waals surface area contributed by atoms with E-state index in [1.807, 2.05) is 55.5 Å². The maximum absolute atomic E-state index is 14.3. The summed E-state index contributed by atoms with van der Waals surface area (Å²) in [6.45, 7) is 7.15. The molecule has 2 heterocycles. The van der Waals surface area contributed by atoms with Crippen LogP contribution in [0.2, 0.25) is 0 Å². The van der Waals surface area contributed by atoms with Crippen LogP contribution in [0.4, 0.5) is 9.59 Å².